The Morgan fingerprint density at radius 3 is 3.06 bits per heavy atom. The Bertz CT molecular complexity index is 625. The SMILES string of the molecule is Cc1ccnc2c1[nH]c(=S)n2CC1CCC(C)C1. The molecule has 0 spiro atoms. The second-order valence-electron chi connectivity index (χ2n) is 5.65. The first-order valence-electron chi connectivity index (χ1n) is 6.69. The van der Waals surface area contributed by atoms with E-state index in [2.05, 4.69) is 28.4 Å². The monoisotopic (exact) mass is 261 g/mol. The third-order valence-electron chi connectivity index (χ3n) is 4.12. The molecule has 2 atom stereocenters. The fraction of sp³-hybridized carbons (Fsp3) is 0.571. The Balaban J connectivity index is 1.99. The molecule has 2 unspecified atom stereocenters. The quantitative estimate of drug-likeness (QED) is 0.833. The van der Waals surface area contributed by atoms with Crippen LogP contribution in [0.1, 0.15) is 31.7 Å². The van der Waals surface area contributed by atoms with Crippen LogP contribution in [0.15, 0.2) is 12.3 Å². The molecule has 2 aromatic rings. The summed E-state index contributed by atoms with van der Waals surface area (Å²) >= 11 is 5.44. The zero-order valence-electron chi connectivity index (χ0n) is 10.9. The summed E-state index contributed by atoms with van der Waals surface area (Å²) in [4.78, 5) is 7.78. The summed E-state index contributed by atoms with van der Waals surface area (Å²) in [6.07, 6.45) is 5.86. The van der Waals surface area contributed by atoms with Crippen LogP contribution < -0.4 is 0 Å². The fourth-order valence-corrected chi connectivity index (χ4v) is 3.36. The Hall–Kier alpha value is -1.16. The normalized spacial score (nSPS) is 23.9. The van der Waals surface area contributed by atoms with Crippen LogP contribution in [0.25, 0.3) is 11.2 Å². The van der Waals surface area contributed by atoms with Gasteiger partial charge in [-0.05, 0) is 55.4 Å². The van der Waals surface area contributed by atoms with Gasteiger partial charge >= 0.3 is 0 Å². The van der Waals surface area contributed by atoms with Gasteiger partial charge in [-0.3, -0.25) is 0 Å². The minimum Gasteiger partial charge on any atom is -0.329 e. The highest BCUT2D eigenvalue weighted by Crippen LogP contribution is 2.32. The lowest BCUT2D eigenvalue weighted by atomic mass is 10.1. The van der Waals surface area contributed by atoms with Crippen LogP contribution in [0.5, 0.6) is 0 Å². The van der Waals surface area contributed by atoms with Crippen molar-refractivity contribution in [2.24, 2.45) is 11.8 Å². The number of aryl methyl sites for hydroxylation is 1. The van der Waals surface area contributed by atoms with Crippen LogP contribution in [-0.4, -0.2) is 14.5 Å². The van der Waals surface area contributed by atoms with Crippen molar-refractivity contribution in [2.75, 3.05) is 0 Å². The van der Waals surface area contributed by atoms with Crippen molar-refractivity contribution in [3.8, 4) is 0 Å². The second kappa shape index (κ2) is 4.50. The van der Waals surface area contributed by atoms with Gasteiger partial charge in [-0.1, -0.05) is 13.3 Å². The molecule has 0 amide bonds. The summed E-state index contributed by atoms with van der Waals surface area (Å²) in [6.45, 7) is 5.45. The first-order chi connectivity index (χ1) is 8.65. The second-order valence-corrected chi connectivity index (χ2v) is 6.04. The van der Waals surface area contributed by atoms with Crippen molar-refractivity contribution < 1.29 is 0 Å². The molecule has 0 saturated heterocycles. The molecule has 4 heteroatoms. The number of imidazole rings is 1. The maximum absolute atomic E-state index is 5.44. The third kappa shape index (κ3) is 1.99. The van der Waals surface area contributed by atoms with E-state index in [1.807, 2.05) is 12.3 Å². The van der Waals surface area contributed by atoms with Gasteiger partial charge in [0.2, 0.25) is 0 Å². The molecule has 3 rings (SSSR count). The highest BCUT2D eigenvalue weighted by Gasteiger charge is 2.22. The highest BCUT2D eigenvalue weighted by atomic mass is 32.1. The smallest absolute Gasteiger partial charge is 0.179 e. The Morgan fingerprint density at radius 1 is 1.50 bits per heavy atom. The van der Waals surface area contributed by atoms with Gasteiger partial charge < -0.3 is 9.55 Å². The van der Waals surface area contributed by atoms with E-state index >= 15 is 0 Å². The predicted octanol–water partition coefficient (Wildman–Crippen LogP) is 3.84. The van der Waals surface area contributed by atoms with Gasteiger partial charge in [-0.25, -0.2) is 4.98 Å². The van der Waals surface area contributed by atoms with E-state index in [1.165, 1.54) is 24.8 Å². The third-order valence-corrected chi connectivity index (χ3v) is 4.44. The molecule has 1 N–H and O–H groups in total. The number of aromatic nitrogens is 3. The first-order valence-corrected chi connectivity index (χ1v) is 7.10. The van der Waals surface area contributed by atoms with Gasteiger partial charge in [-0.15, -0.1) is 0 Å². The lowest BCUT2D eigenvalue weighted by Gasteiger charge is -2.11. The lowest BCUT2D eigenvalue weighted by molar-refractivity contribution is 0.443. The van der Waals surface area contributed by atoms with Gasteiger partial charge in [0.05, 0.1) is 5.52 Å². The molecular weight excluding hydrogens is 242 g/mol. The minimum absolute atomic E-state index is 0.757. The van der Waals surface area contributed by atoms with E-state index in [9.17, 15) is 0 Å². The van der Waals surface area contributed by atoms with Crippen molar-refractivity contribution >= 4 is 23.4 Å². The average Bonchev–Trinajstić information content (AvgIpc) is 2.87. The van der Waals surface area contributed by atoms with E-state index < -0.39 is 0 Å². The molecule has 18 heavy (non-hydrogen) atoms. The number of rotatable bonds is 2. The summed E-state index contributed by atoms with van der Waals surface area (Å²) in [5.41, 5.74) is 3.32. The topological polar surface area (TPSA) is 33.6 Å². The standard InChI is InChI=1S/C14H19N3S/c1-9-3-4-11(7-9)8-17-13-12(16-14(17)18)10(2)5-6-15-13/h5-6,9,11H,3-4,7-8H2,1-2H3,(H,16,18). The van der Waals surface area contributed by atoms with Crippen molar-refractivity contribution in [3.63, 3.8) is 0 Å². The maximum Gasteiger partial charge on any atom is 0.179 e. The summed E-state index contributed by atoms with van der Waals surface area (Å²) in [5, 5.41) is 0. The largest absolute Gasteiger partial charge is 0.329 e. The zero-order chi connectivity index (χ0) is 12.7. The summed E-state index contributed by atoms with van der Waals surface area (Å²) < 4.78 is 2.99. The number of hydrogen-bond acceptors (Lipinski definition) is 2. The van der Waals surface area contributed by atoms with Gasteiger partial charge in [-0.2, -0.15) is 0 Å². The predicted molar refractivity (Wildman–Crippen MR) is 76.2 cm³/mol. The number of aromatic amines is 1. The fourth-order valence-electron chi connectivity index (χ4n) is 3.09. The molecule has 96 valence electrons. The number of nitrogens with zero attached hydrogens (tertiary/aromatic N) is 2. The van der Waals surface area contributed by atoms with Gasteiger partial charge in [0.25, 0.3) is 0 Å². The molecule has 0 radical (unpaired) electrons. The molecule has 1 fully saturated rings. The van der Waals surface area contributed by atoms with Gasteiger partial charge in [0.15, 0.2) is 10.4 Å². The molecule has 1 aliphatic carbocycles. The van der Waals surface area contributed by atoms with Crippen LogP contribution in [0, 0.1) is 23.5 Å². The summed E-state index contributed by atoms with van der Waals surface area (Å²) in [5.74, 6) is 1.62. The van der Waals surface area contributed by atoms with Crippen LogP contribution in [0.2, 0.25) is 0 Å². The molecule has 1 aliphatic rings. The molecule has 2 heterocycles. The average molecular weight is 261 g/mol. The van der Waals surface area contributed by atoms with Crippen molar-refractivity contribution in [2.45, 2.75) is 39.7 Å². The first kappa shape index (κ1) is 11.9. The van der Waals surface area contributed by atoms with E-state index in [4.69, 9.17) is 12.2 Å². The molecule has 0 bridgehead atoms. The van der Waals surface area contributed by atoms with Crippen molar-refractivity contribution in [1.29, 1.82) is 0 Å². The Kier molecular flexibility index (Phi) is 2.98. The number of hydrogen-bond donors (Lipinski definition) is 1. The highest BCUT2D eigenvalue weighted by molar-refractivity contribution is 7.71. The molecule has 3 nitrogen and oxygen atoms in total. The molecule has 1 saturated carbocycles. The molecular formula is C14H19N3S. The summed E-state index contributed by atoms with van der Waals surface area (Å²) in [6, 6.07) is 2.02. The van der Waals surface area contributed by atoms with Crippen LogP contribution in [0.4, 0.5) is 0 Å². The number of fused-ring (bicyclic) bond motifs is 1. The van der Waals surface area contributed by atoms with E-state index in [-0.39, 0.29) is 0 Å². The Labute approximate surface area is 112 Å². The van der Waals surface area contributed by atoms with E-state index in [0.717, 1.165) is 34.3 Å². The lowest BCUT2D eigenvalue weighted by Crippen LogP contribution is -2.08. The molecule has 0 aromatic carbocycles. The summed E-state index contributed by atoms with van der Waals surface area (Å²) in [7, 11) is 0. The maximum atomic E-state index is 5.44. The molecule has 0 aliphatic heterocycles. The number of pyridine rings is 1. The van der Waals surface area contributed by atoms with Crippen LogP contribution in [0.3, 0.4) is 0 Å². The van der Waals surface area contributed by atoms with Gasteiger partial charge in [0.1, 0.15) is 0 Å². The van der Waals surface area contributed by atoms with Crippen LogP contribution >= 0.6 is 12.2 Å². The van der Waals surface area contributed by atoms with Crippen molar-refractivity contribution in [1.82, 2.24) is 14.5 Å². The number of nitrogens with one attached hydrogen (secondary N) is 1. The molecule has 2 aromatic heterocycles. The number of H-pyrrole nitrogens is 1. The Morgan fingerprint density at radius 2 is 2.33 bits per heavy atom. The van der Waals surface area contributed by atoms with Crippen molar-refractivity contribution in [3.05, 3.63) is 22.6 Å². The zero-order valence-corrected chi connectivity index (χ0v) is 11.8. The van der Waals surface area contributed by atoms with E-state index in [1.54, 1.807) is 0 Å². The van der Waals surface area contributed by atoms with Gasteiger partial charge in [0, 0.05) is 12.7 Å². The van der Waals surface area contributed by atoms with Crippen LogP contribution in [-0.2, 0) is 6.54 Å². The van der Waals surface area contributed by atoms with E-state index in [0.29, 0.717) is 0 Å². The minimum atomic E-state index is 0.757.